The van der Waals surface area contributed by atoms with E-state index in [4.69, 9.17) is 26.9 Å². The highest BCUT2D eigenvalue weighted by Crippen LogP contribution is 2.03. The van der Waals surface area contributed by atoms with Gasteiger partial charge in [0.2, 0.25) is 0 Å². The van der Waals surface area contributed by atoms with Crippen molar-refractivity contribution in [2.45, 2.75) is 86.9 Å². The van der Waals surface area contributed by atoms with Gasteiger partial charge in [-0.1, -0.05) is 20.8 Å². The van der Waals surface area contributed by atoms with Gasteiger partial charge in [0.25, 0.3) is 0 Å². The SMILES string of the molecule is CC(=O)OC(C)C.CC(C)CCO.CCC(C)(C)O.COC(C)=O.OCCCl. The molecule has 8 heteroatoms. The molecule has 0 saturated carbocycles. The van der Waals surface area contributed by atoms with E-state index in [1.807, 2.05) is 20.8 Å². The number of alkyl halides is 1. The third-order valence-electron chi connectivity index (χ3n) is 2.35. The molecular weight excluding hydrogens is 388 g/mol. The molecule has 0 aromatic heterocycles. The highest BCUT2D eigenvalue weighted by atomic mass is 35.5. The largest absolute Gasteiger partial charge is 0.469 e. The van der Waals surface area contributed by atoms with Crippen molar-refractivity contribution in [1.82, 2.24) is 0 Å². The first-order valence-corrected chi connectivity index (χ1v) is 9.90. The van der Waals surface area contributed by atoms with Crippen LogP contribution in [0.3, 0.4) is 0 Å². The average molecular weight is 433 g/mol. The molecule has 7 nitrogen and oxygen atoms in total. The second-order valence-corrected chi connectivity index (χ2v) is 7.22. The first-order chi connectivity index (χ1) is 12.6. The summed E-state index contributed by atoms with van der Waals surface area (Å²) in [4.78, 5) is 19.6. The van der Waals surface area contributed by atoms with Gasteiger partial charge in [0, 0.05) is 26.3 Å². The third-order valence-corrected chi connectivity index (χ3v) is 2.51. The quantitative estimate of drug-likeness (QED) is 0.449. The van der Waals surface area contributed by atoms with Crippen LogP contribution in [0.5, 0.6) is 0 Å². The fraction of sp³-hybridized carbons (Fsp3) is 0.900. The van der Waals surface area contributed by atoms with Crippen LogP contribution in [-0.2, 0) is 19.1 Å². The Balaban J connectivity index is -0.0000000797. The summed E-state index contributed by atoms with van der Waals surface area (Å²) in [7, 11) is 1.35. The smallest absolute Gasteiger partial charge is 0.302 e. The maximum Gasteiger partial charge on any atom is 0.302 e. The van der Waals surface area contributed by atoms with Crippen molar-refractivity contribution >= 4 is 23.5 Å². The van der Waals surface area contributed by atoms with Gasteiger partial charge in [-0.15, -0.1) is 11.6 Å². The summed E-state index contributed by atoms with van der Waals surface area (Å²) in [6, 6.07) is 0. The van der Waals surface area contributed by atoms with Gasteiger partial charge in [0.05, 0.1) is 25.4 Å². The molecular formula is C20H45ClO7. The van der Waals surface area contributed by atoms with Crippen LogP contribution in [0.2, 0.25) is 0 Å². The molecule has 0 aromatic rings. The summed E-state index contributed by atoms with van der Waals surface area (Å²) >= 11 is 4.94. The molecule has 0 atom stereocenters. The van der Waals surface area contributed by atoms with Crippen LogP contribution in [0, 0.1) is 5.92 Å². The number of esters is 2. The Morgan fingerprint density at radius 3 is 1.32 bits per heavy atom. The lowest BCUT2D eigenvalue weighted by Gasteiger charge is -2.11. The minimum Gasteiger partial charge on any atom is -0.469 e. The summed E-state index contributed by atoms with van der Waals surface area (Å²) in [5.41, 5.74) is -0.458. The van der Waals surface area contributed by atoms with Gasteiger partial charge in [0.1, 0.15) is 0 Å². The van der Waals surface area contributed by atoms with Crippen molar-refractivity contribution in [3.8, 4) is 0 Å². The molecule has 0 amide bonds. The number of rotatable bonds is 5. The Kier molecular flexibility index (Phi) is 38.2. The molecule has 0 rings (SSSR count). The molecule has 0 radical (unpaired) electrons. The van der Waals surface area contributed by atoms with Crippen LogP contribution in [0.25, 0.3) is 0 Å². The number of aliphatic hydroxyl groups excluding tert-OH is 2. The van der Waals surface area contributed by atoms with Crippen LogP contribution >= 0.6 is 11.6 Å². The van der Waals surface area contributed by atoms with E-state index in [2.05, 4.69) is 23.3 Å². The highest BCUT2D eigenvalue weighted by Gasteiger charge is 2.05. The molecule has 174 valence electrons. The van der Waals surface area contributed by atoms with Gasteiger partial charge in [-0.05, 0) is 46.5 Å². The van der Waals surface area contributed by atoms with Crippen molar-refractivity contribution in [2.24, 2.45) is 5.92 Å². The molecule has 0 unspecified atom stereocenters. The van der Waals surface area contributed by atoms with E-state index in [0.717, 1.165) is 12.8 Å². The zero-order chi connectivity index (χ0) is 23.8. The van der Waals surface area contributed by atoms with Crippen molar-refractivity contribution in [1.29, 1.82) is 0 Å². The summed E-state index contributed by atoms with van der Waals surface area (Å²) in [5.74, 6) is 0.537. The van der Waals surface area contributed by atoms with E-state index in [0.29, 0.717) is 18.4 Å². The van der Waals surface area contributed by atoms with Gasteiger partial charge in [-0.2, -0.15) is 0 Å². The summed E-state index contributed by atoms with van der Waals surface area (Å²) in [6.45, 7) is 16.6. The maximum atomic E-state index is 10.0. The minimum atomic E-state index is -0.458. The zero-order valence-electron chi connectivity index (χ0n) is 19.5. The normalized spacial score (nSPS) is 9.29. The number of hydrogen-bond acceptors (Lipinski definition) is 7. The summed E-state index contributed by atoms with van der Waals surface area (Å²) in [5, 5.41) is 24.8. The van der Waals surface area contributed by atoms with Gasteiger partial charge in [0.15, 0.2) is 0 Å². The lowest BCUT2D eigenvalue weighted by Crippen LogP contribution is -2.15. The van der Waals surface area contributed by atoms with E-state index >= 15 is 0 Å². The lowest BCUT2D eigenvalue weighted by atomic mass is 10.1. The molecule has 28 heavy (non-hydrogen) atoms. The van der Waals surface area contributed by atoms with Crippen LogP contribution in [0.15, 0.2) is 0 Å². The van der Waals surface area contributed by atoms with E-state index in [1.54, 1.807) is 13.8 Å². The number of carbonyl (C=O) groups is 2. The zero-order valence-corrected chi connectivity index (χ0v) is 20.3. The van der Waals surface area contributed by atoms with Crippen molar-refractivity contribution in [3.63, 3.8) is 0 Å². The predicted octanol–water partition coefficient (Wildman–Crippen LogP) is 3.55. The average Bonchev–Trinajstić information content (AvgIpc) is 2.54. The molecule has 0 bridgehead atoms. The molecule has 0 saturated heterocycles. The number of carbonyl (C=O) groups excluding carboxylic acids is 2. The van der Waals surface area contributed by atoms with Crippen LogP contribution < -0.4 is 0 Å². The minimum absolute atomic E-state index is 0.0255. The number of halogens is 1. The molecule has 0 aliphatic heterocycles. The standard InChI is InChI=1S/C5H10O2.2C5H12O.C3H6O2.C2H5ClO/c1-4(2)7-5(3)6;1-5(2)3-4-6;1-4-5(2,3)6;1-3(4)5-2;3-1-2-4/h4H,1-3H3;5-6H,3-4H2,1-2H3;6H,4H2,1-3H3;1-2H3;4H,1-2H2. The maximum absolute atomic E-state index is 10.0. The predicted molar refractivity (Wildman–Crippen MR) is 116 cm³/mol. The Hall–Kier alpha value is -0.890. The fourth-order valence-corrected chi connectivity index (χ4v) is 0.590. The van der Waals surface area contributed by atoms with Gasteiger partial charge in [-0.25, -0.2) is 0 Å². The van der Waals surface area contributed by atoms with E-state index in [1.165, 1.54) is 21.0 Å². The Labute approximate surface area is 177 Å². The Bertz CT molecular complexity index is 312. The monoisotopic (exact) mass is 432 g/mol. The highest BCUT2D eigenvalue weighted by molar-refractivity contribution is 6.17. The van der Waals surface area contributed by atoms with Crippen molar-refractivity contribution in [3.05, 3.63) is 0 Å². The van der Waals surface area contributed by atoms with Crippen molar-refractivity contribution in [2.75, 3.05) is 26.2 Å². The van der Waals surface area contributed by atoms with Gasteiger partial charge >= 0.3 is 11.9 Å². The van der Waals surface area contributed by atoms with Crippen LogP contribution in [0.1, 0.15) is 75.2 Å². The number of methoxy groups -OCH3 is 1. The molecule has 0 spiro atoms. The second-order valence-electron chi connectivity index (χ2n) is 6.84. The first-order valence-electron chi connectivity index (χ1n) is 9.36. The number of aliphatic hydroxyl groups is 3. The Morgan fingerprint density at radius 2 is 1.32 bits per heavy atom. The summed E-state index contributed by atoms with van der Waals surface area (Å²) in [6.07, 6.45) is 1.78. The molecule has 0 aliphatic rings. The van der Waals surface area contributed by atoms with E-state index < -0.39 is 5.60 Å². The molecule has 0 aromatic carbocycles. The Morgan fingerprint density at radius 1 is 1.00 bits per heavy atom. The van der Waals surface area contributed by atoms with Crippen LogP contribution in [-0.4, -0.2) is 65.2 Å². The number of hydrogen-bond donors (Lipinski definition) is 3. The van der Waals surface area contributed by atoms with E-state index in [9.17, 15) is 9.59 Å². The van der Waals surface area contributed by atoms with Gasteiger partial charge < -0.3 is 24.8 Å². The van der Waals surface area contributed by atoms with Crippen LogP contribution in [0.4, 0.5) is 0 Å². The number of ether oxygens (including phenoxy) is 2. The molecule has 3 N–H and O–H groups in total. The fourth-order valence-electron chi connectivity index (χ4n) is 0.590. The van der Waals surface area contributed by atoms with Gasteiger partial charge in [-0.3, -0.25) is 9.59 Å². The van der Waals surface area contributed by atoms with E-state index in [-0.39, 0.29) is 24.6 Å². The molecule has 0 aliphatic carbocycles. The second kappa shape index (κ2) is 28.3. The first kappa shape index (κ1) is 37.8. The lowest BCUT2D eigenvalue weighted by molar-refractivity contribution is -0.144. The summed E-state index contributed by atoms with van der Waals surface area (Å²) < 4.78 is 8.72. The molecule has 0 heterocycles. The third kappa shape index (κ3) is 99.5. The van der Waals surface area contributed by atoms with Crippen molar-refractivity contribution < 1.29 is 34.4 Å². The topological polar surface area (TPSA) is 113 Å². The molecule has 0 fully saturated rings.